The highest BCUT2D eigenvalue weighted by molar-refractivity contribution is 5.22. The lowest BCUT2D eigenvalue weighted by atomic mass is 9.79. The molecule has 98 valence electrons. The summed E-state index contributed by atoms with van der Waals surface area (Å²) < 4.78 is 5.50. The van der Waals surface area contributed by atoms with Gasteiger partial charge >= 0.3 is 0 Å². The van der Waals surface area contributed by atoms with Crippen molar-refractivity contribution in [2.24, 2.45) is 5.41 Å². The number of rotatable bonds is 0. The highest BCUT2D eigenvalue weighted by Crippen LogP contribution is 2.43. The van der Waals surface area contributed by atoms with Gasteiger partial charge in [-0.25, -0.2) is 0 Å². The second-order valence-electron chi connectivity index (χ2n) is 7.14. The Kier molecular flexibility index (Phi) is 3.03. The quantitative estimate of drug-likeness (QED) is 0.648. The fraction of sp³-hybridized carbons (Fsp3) is 0.857. The molecule has 0 aliphatic carbocycles. The van der Waals surface area contributed by atoms with Crippen LogP contribution >= 0.6 is 0 Å². The smallest absolute Gasteiger partial charge is 0.108 e. The van der Waals surface area contributed by atoms with Gasteiger partial charge in [0.2, 0.25) is 0 Å². The molecule has 17 heavy (non-hydrogen) atoms. The predicted molar refractivity (Wildman–Crippen MR) is 68.4 cm³/mol. The largest absolute Gasteiger partial charge is 0.501 e. The lowest BCUT2D eigenvalue weighted by molar-refractivity contribution is -0.225. The van der Waals surface area contributed by atoms with E-state index in [4.69, 9.17) is 9.57 Å². The fourth-order valence-electron chi connectivity index (χ4n) is 2.66. The molecule has 3 nitrogen and oxygen atoms in total. The van der Waals surface area contributed by atoms with Crippen molar-refractivity contribution >= 4 is 0 Å². The zero-order valence-corrected chi connectivity index (χ0v) is 11.9. The van der Waals surface area contributed by atoms with Crippen LogP contribution in [0.5, 0.6) is 0 Å². The van der Waals surface area contributed by atoms with Crippen LogP contribution in [0.3, 0.4) is 0 Å². The van der Waals surface area contributed by atoms with Crippen molar-refractivity contribution in [3.05, 3.63) is 11.8 Å². The van der Waals surface area contributed by atoms with E-state index in [9.17, 15) is 0 Å². The van der Waals surface area contributed by atoms with Crippen LogP contribution in [0.4, 0.5) is 0 Å². The third kappa shape index (κ3) is 2.36. The van der Waals surface area contributed by atoms with E-state index in [1.807, 2.05) is 6.26 Å². The van der Waals surface area contributed by atoms with Gasteiger partial charge in [-0.1, -0.05) is 20.8 Å². The molecule has 0 unspecified atom stereocenters. The molecular weight excluding hydrogens is 214 g/mol. The van der Waals surface area contributed by atoms with E-state index in [0.29, 0.717) is 6.04 Å². The SMILES string of the molecule is CC(C)(C)[C@H]1C2=COCC[C@@H]2ON1C(C)(C)C. The summed E-state index contributed by atoms with van der Waals surface area (Å²) in [6, 6.07) is 0.299. The van der Waals surface area contributed by atoms with Gasteiger partial charge in [0.05, 0.1) is 18.9 Å². The van der Waals surface area contributed by atoms with Gasteiger partial charge in [0, 0.05) is 17.5 Å². The minimum atomic E-state index is 0.0100. The van der Waals surface area contributed by atoms with Gasteiger partial charge < -0.3 is 4.74 Å². The van der Waals surface area contributed by atoms with Crippen molar-refractivity contribution in [3.63, 3.8) is 0 Å². The van der Waals surface area contributed by atoms with Crippen molar-refractivity contribution in [2.45, 2.75) is 65.6 Å². The van der Waals surface area contributed by atoms with E-state index >= 15 is 0 Å². The lowest BCUT2D eigenvalue weighted by Crippen LogP contribution is -2.49. The molecule has 0 amide bonds. The van der Waals surface area contributed by atoms with Gasteiger partial charge in [0.1, 0.15) is 6.10 Å². The van der Waals surface area contributed by atoms with Crippen LogP contribution in [0.15, 0.2) is 11.8 Å². The van der Waals surface area contributed by atoms with Crippen LogP contribution in [0.25, 0.3) is 0 Å². The Bertz CT molecular complexity index is 322. The maximum Gasteiger partial charge on any atom is 0.108 e. The summed E-state index contributed by atoms with van der Waals surface area (Å²) in [7, 11) is 0. The first-order chi connectivity index (χ1) is 7.71. The van der Waals surface area contributed by atoms with Crippen LogP contribution in [0, 0.1) is 5.41 Å². The van der Waals surface area contributed by atoms with Crippen LogP contribution in [0.1, 0.15) is 48.0 Å². The molecule has 2 aliphatic rings. The van der Waals surface area contributed by atoms with Gasteiger partial charge in [-0.15, -0.1) is 0 Å². The Morgan fingerprint density at radius 1 is 1.18 bits per heavy atom. The zero-order chi connectivity index (χ0) is 12.8. The molecular formula is C14H25NO2. The molecule has 0 radical (unpaired) electrons. The van der Waals surface area contributed by atoms with E-state index in [1.165, 1.54) is 5.57 Å². The number of hydroxylamine groups is 2. The monoisotopic (exact) mass is 239 g/mol. The molecule has 1 saturated heterocycles. The van der Waals surface area contributed by atoms with Crippen LogP contribution in [-0.4, -0.2) is 29.4 Å². The molecule has 0 bridgehead atoms. The number of ether oxygens (including phenoxy) is 1. The third-order valence-electron chi connectivity index (χ3n) is 3.36. The summed E-state index contributed by atoms with van der Waals surface area (Å²) in [4.78, 5) is 6.15. The molecule has 2 heterocycles. The van der Waals surface area contributed by atoms with Crippen molar-refractivity contribution in [3.8, 4) is 0 Å². The topological polar surface area (TPSA) is 21.7 Å². The molecule has 2 rings (SSSR count). The molecule has 0 aromatic heterocycles. The maximum absolute atomic E-state index is 6.15. The first-order valence-corrected chi connectivity index (χ1v) is 6.49. The Balaban J connectivity index is 2.36. The Labute approximate surface area is 105 Å². The van der Waals surface area contributed by atoms with Crippen LogP contribution < -0.4 is 0 Å². The molecule has 0 aromatic carbocycles. The summed E-state index contributed by atoms with van der Waals surface area (Å²) in [6.07, 6.45) is 3.10. The van der Waals surface area contributed by atoms with E-state index in [-0.39, 0.29) is 17.1 Å². The van der Waals surface area contributed by atoms with E-state index < -0.39 is 0 Å². The molecule has 1 fully saturated rings. The first-order valence-electron chi connectivity index (χ1n) is 6.49. The average molecular weight is 239 g/mol. The van der Waals surface area contributed by atoms with Crippen molar-refractivity contribution in [1.82, 2.24) is 5.06 Å². The van der Waals surface area contributed by atoms with Gasteiger partial charge in [-0.05, 0) is 26.2 Å². The number of hydrogen-bond acceptors (Lipinski definition) is 3. The molecule has 2 aliphatic heterocycles. The second kappa shape index (κ2) is 3.99. The summed E-state index contributed by atoms with van der Waals surface area (Å²) in [5, 5.41) is 2.16. The highest BCUT2D eigenvalue weighted by atomic mass is 16.7. The van der Waals surface area contributed by atoms with Crippen LogP contribution in [-0.2, 0) is 9.57 Å². The van der Waals surface area contributed by atoms with E-state index in [1.54, 1.807) is 0 Å². The fourth-order valence-corrected chi connectivity index (χ4v) is 2.66. The molecule has 0 aromatic rings. The Morgan fingerprint density at radius 3 is 2.35 bits per heavy atom. The molecule has 0 saturated carbocycles. The average Bonchev–Trinajstić information content (AvgIpc) is 2.54. The van der Waals surface area contributed by atoms with Crippen molar-refractivity contribution < 1.29 is 9.57 Å². The maximum atomic E-state index is 6.15. The highest BCUT2D eigenvalue weighted by Gasteiger charge is 2.49. The van der Waals surface area contributed by atoms with Gasteiger partial charge in [0.15, 0.2) is 0 Å². The second-order valence-corrected chi connectivity index (χ2v) is 7.14. The Morgan fingerprint density at radius 2 is 1.82 bits per heavy atom. The standard InChI is InChI=1S/C14H25NO2/c1-13(2,3)12-10-9-16-8-7-11(10)17-15(12)14(4,5)6/h9,11-12H,7-8H2,1-6H3/t11-,12+/m0/s1. The minimum absolute atomic E-state index is 0.0100. The summed E-state index contributed by atoms with van der Waals surface area (Å²) >= 11 is 0. The summed E-state index contributed by atoms with van der Waals surface area (Å²) in [5.74, 6) is 0. The normalized spacial score (nSPS) is 30.8. The number of nitrogens with zero attached hydrogens (tertiary/aromatic N) is 1. The van der Waals surface area contributed by atoms with E-state index in [0.717, 1.165) is 13.0 Å². The first kappa shape index (κ1) is 12.9. The Hall–Kier alpha value is -0.540. The van der Waals surface area contributed by atoms with Gasteiger partial charge in [-0.3, -0.25) is 4.84 Å². The summed E-state index contributed by atoms with van der Waals surface area (Å²) in [6.45, 7) is 14.1. The zero-order valence-electron chi connectivity index (χ0n) is 11.9. The molecule has 0 spiro atoms. The van der Waals surface area contributed by atoms with Crippen molar-refractivity contribution in [1.29, 1.82) is 0 Å². The third-order valence-corrected chi connectivity index (χ3v) is 3.36. The van der Waals surface area contributed by atoms with Crippen molar-refractivity contribution in [2.75, 3.05) is 6.61 Å². The molecule has 2 atom stereocenters. The van der Waals surface area contributed by atoms with Gasteiger partial charge in [0.25, 0.3) is 0 Å². The van der Waals surface area contributed by atoms with E-state index in [2.05, 4.69) is 46.6 Å². The van der Waals surface area contributed by atoms with Gasteiger partial charge in [-0.2, -0.15) is 5.06 Å². The number of fused-ring (bicyclic) bond motifs is 1. The molecule has 3 heteroatoms. The minimum Gasteiger partial charge on any atom is -0.501 e. The number of hydrogen-bond donors (Lipinski definition) is 0. The lowest BCUT2D eigenvalue weighted by Gasteiger charge is -2.40. The van der Waals surface area contributed by atoms with Crippen LogP contribution in [0.2, 0.25) is 0 Å². The molecule has 0 N–H and O–H groups in total. The summed E-state index contributed by atoms with van der Waals surface area (Å²) in [5.41, 5.74) is 1.46. The predicted octanol–water partition coefficient (Wildman–Crippen LogP) is 3.12.